The van der Waals surface area contributed by atoms with E-state index >= 15 is 0 Å². The maximum atomic E-state index is 12.5. The molecule has 0 spiro atoms. The molecule has 0 aliphatic carbocycles. The number of rotatable bonds is 11. The Morgan fingerprint density at radius 3 is 2.92 bits per heavy atom. The number of nitrogens with zero attached hydrogens (tertiary/aromatic N) is 3. The van der Waals surface area contributed by atoms with Crippen LogP contribution in [0.1, 0.15) is 12.0 Å². The molecule has 2 aromatic heterocycles. The van der Waals surface area contributed by atoms with Crippen LogP contribution in [0, 0.1) is 0 Å². The average Bonchev–Trinajstić information content (AvgIpc) is 3.33. The van der Waals surface area contributed by atoms with Gasteiger partial charge in [0.05, 0.1) is 19.3 Å². The lowest BCUT2D eigenvalue weighted by atomic mass is 10.1. The molecule has 12 heteroatoms. The van der Waals surface area contributed by atoms with Crippen molar-refractivity contribution in [2.75, 3.05) is 50.2 Å². The second kappa shape index (κ2) is 12.0. The van der Waals surface area contributed by atoms with Crippen molar-refractivity contribution in [2.24, 2.45) is 5.73 Å². The van der Waals surface area contributed by atoms with Gasteiger partial charge in [-0.2, -0.15) is 0 Å². The highest BCUT2D eigenvalue weighted by molar-refractivity contribution is 5.95. The zero-order valence-electron chi connectivity index (χ0n) is 21.5. The van der Waals surface area contributed by atoms with Gasteiger partial charge in [-0.15, -0.1) is 0 Å². The topological polar surface area (TPSA) is 150 Å². The third kappa shape index (κ3) is 6.36. The minimum absolute atomic E-state index is 0.0534. The maximum absolute atomic E-state index is 12.5. The predicted octanol–water partition coefficient (Wildman–Crippen LogP) is 2.33. The standard InChI is InChI=1S/C27H30N6O6/c1-36-25-13-20(37-10-8-28)12-21(30-25)18-4-2-3-17(11-18)14-29-9-7-19-15-33(27(35)39-19)23-6-5-22-26(31-23)32-24(34)16-38-22/h2-6,11-13,19,29H,7-10,14-16,28H2,1H3,(H,31,32,34)/t19-/m0/s1. The van der Waals surface area contributed by atoms with Crippen LogP contribution in [-0.2, 0) is 16.1 Å². The van der Waals surface area contributed by atoms with Crippen LogP contribution in [-0.4, -0.2) is 68.0 Å². The van der Waals surface area contributed by atoms with Gasteiger partial charge in [0, 0.05) is 30.8 Å². The number of amides is 2. The molecule has 1 fully saturated rings. The number of hydrogen-bond acceptors (Lipinski definition) is 10. The van der Waals surface area contributed by atoms with Crippen LogP contribution < -0.4 is 35.5 Å². The Morgan fingerprint density at radius 1 is 1.18 bits per heavy atom. The van der Waals surface area contributed by atoms with E-state index in [-0.39, 0.29) is 18.6 Å². The minimum Gasteiger partial charge on any atom is -0.492 e. The zero-order chi connectivity index (χ0) is 27.2. The van der Waals surface area contributed by atoms with Crippen LogP contribution in [0.2, 0.25) is 0 Å². The number of cyclic esters (lactones) is 1. The average molecular weight is 535 g/mol. The summed E-state index contributed by atoms with van der Waals surface area (Å²) < 4.78 is 21.9. The third-order valence-corrected chi connectivity index (χ3v) is 6.18. The first kappa shape index (κ1) is 26.2. The maximum Gasteiger partial charge on any atom is 0.415 e. The summed E-state index contributed by atoms with van der Waals surface area (Å²) in [5.74, 6) is 2.00. The molecule has 2 aliphatic heterocycles. The van der Waals surface area contributed by atoms with Crippen molar-refractivity contribution in [1.82, 2.24) is 15.3 Å². The highest BCUT2D eigenvalue weighted by Gasteiger charge is 2.33. The van der Waals surface area contributed by atoms with Gasteiger partial charge < -0.3 is 35.3 Å². The van der Waals surface area contributed by atoms with Crippen molar-refractivity contribution in [1.29, 1.82) is 0 Å². The van der Waals surface area contributed by atoms with Gasteiger partial charge >= 0.3 is 6.09 Å². The SMILES string of the molecule is COc1cc(OCCN)cc(-c2cccc(CNCC[C@H]3CN(c4ccc5c(n4)NC(=O)CO5)C(=O)O3)c2)n1. The molecule has 2 aliphatic rings. The molecule has 1 atom stereocenters. The molecule has 1 aromatic carbocycles. The molecule has 1 saturated heterocycles. The first-order chi connectivity index (χ1) is 19.0. The first-order valence-corrected chi connectivity index (χ1v) is 12.6. The van der Waals surface area contributed by atoms with Gasteiger partial charge in [0.1, 0.15) is 24.3 Å². The number of carbonyl (C=O) groups is 2. The molecular formula is C27H30N6O6. The number of fused-ring (bicyclic) bond motifs is 1. The molecule has 5 rings (SSSR count). The number of anilines is 2. The van der Waals surface area contributed by atoms with E-state index in [1.165, 1.54) is 4.90 Å². The van der Waals surface area contributed by atoms with Gasteiger partial charge in [-0.25, -0.2) is 14.8 Å². The number of nitrogens with two attached hydrogens (primary N) is 1. The number of nitrogens with one attached hydrogen (secondary N) is 2. The number of ether oxygens (including phenoxy) is 4. The Balaban J connectivity index is 1.14. The molecule has 0 saturated carbocycles. The van der Waals surface area contributed by atoms with E-state index in [2.05, 4.69) is 26.7 Å². The van der Waals surface area contributed by atoms with Crippen molar-refractivity contribution in [3.05, 3.63) is 54.1 Å². The second-order valence-corrected chi connectivity index (χ2v) is 9.00. The van der Waals surface area contributed by atoms with Crippen LogP contribution in [0.25, 0.3) is 11.3 Å². The Morgan fingerprint density at radius 2 is 2.08 bits per heavy atom. The van der Waals surface area contributed by atoms with Crippen molar-refractivity contribution >= 4 is 23.6 Å². The minimum atomic E-state index is -0.469. The van der Waals surface area contributed by atoms with Gasteiger partial charge in [0.15, 0.2) is 18.2 Å². The Kier molecular flexibility index (Phi) is 8.04. The number of carbonyl (C=O) groups excluding carboxylic acids is 2. The summed E-state index contributed by atoms with van der Waals surface area (Å²) in [5, 5.41) is 6.06. The molecule has 0 unspecified atom stereocenters. The summed E-state index contributed by atoms with van der Waals surface area (Å²) in [7, 11) is 1.57. The second-order valence-electron chi connectivity index (χ2n) is 9.00. The molecule has 204 valence electrons. The van der Waals surface area contributed by atoms with E-state index in [0.29, 0.717) is 68.2 Å². The molecule has 4 heterocycles. The van der Waals surface area contributed by atoms with Crippen LogP contribution in [0.15, 0.2) is 48.5 Å². The Hall–Kier alpha value is -4.42. The molecule has 39 heavy (non-hydrogen) atoms. The van der Waals surface area contributed by atoms with E-state index in [9.17, 15) is 9.59 Å². The smallest absolute Gasteiger partial charge is 0.415 e. The van der Waals surface area contributed by atoms with Gasteiger partial charge in [-0.05, 0) is 36.7 Å². The van der Waals surface area contributed by atoms with Crippen LogP contribution in [0.3, 0.4) is 0 Å². The molecule has 4 N–H and O–H groups in total. The van der Waals surface area contributed by atoms with E-state index < -0.39 is 6.09 Å². The quantitative estimate of drug-likeness (QED) is 0.313. The fraction of sp³-hybridized carbons (Fsp3) is 0.333. The molecular weight excluding hydrogens is 504 g/mol. The first-order valence-electron chi connectivity index (χ1n) is 12.6. The summed E-state index contributed by atoms with van der Waals surface area (Å²) >= 11 is 0. The summed E-state index contributed by atoms with van der Waals surface area (Å²) in [6.45, 7) is 2.41. The van der Waals surface area contributed by atoms with Crippen LogP contribution in [0.5, 0.6) is 17.4 Å². The van der Waals surface area contributed by atoms with Crippen molar-refractivity contribution in [2.45, 2.75) is 19.1 Å². The lowest BCUT2D eigenvalue weighted by Crippen LogP contribution is -2.29. The number of methoxy groups -OCH3 is 1. The van der Waals surface area contributed by atoms with Crippen LogP contribution in [0.4, 0.5) is 16.4 Å². The normalized spacial score (nSPS) is 16.3. The van der Waals surface area contributed by atoms with Gasteiger partial charge in [0.25, 0.3) is 5.91 Å². The summed E-state index contributed by atoms with van der Waals surface area (Å²) in [4.78, 5) is 34.4. The Labute approximate surface area is 225 Å². The lowest BCUT2D eigenvalue weighted by Gasteiger charge is -2.19. The molecule has 0 radical (unpaired) electrons. The van der Waals surface area contributed by atoms with E-state index in [1.54, 1.807) is 25.3 Å². The Bertz CT molecular complexity index is 1350. The summed E-state index contributed by atoms with van der Waals surface area (Å²) in [5.41, 5.74) is 8.31. The van der Waals surface area contributed by atoms with Gasteiger partial charge in [-0.1, -0.05) is 18.2 Å². The lowest BCUT2D eigenvalue weighted by molar-refractivity contribution is -0.118. The van der Waals surface area contributed by atoms with Crippen LogP contribution >= 0.6 is 0 Å². The van der Waals surface area contributed by atoms with E-state index in [1.807, 2.05) is 24.3 Å². The largest absolute Gasteiger partial charge is 0.492 e. The summed E-state index contributed by atoms with van der Waals surface area (Å²) in [6.07, 6.45) is -0.122. The number of hydrogen-bond donors (Lipinski definition) is 3. The predicted molar refractivity (Wildman–Crippen MR) is 143 cm³/mol. The highest BCUT2D eigenvalue weighted by Crippen LogP contribution is 2.30. The number of pyridine rings is 2. The van der Waals surface area contributed by atoms with Gasteiger partial charge in [-0.3, -0.25) is 9.69 Å². The molecule has 12 nitrogen and oxygen atoms in total. The van der Waals surface area contributed by atoms with Crippen molar-refractivity contribution in [3.8, 4) is 28.6 Å². The van der Waals surface area contributed by atoms with Crippen molar-refractivity contribution in [3.63, 3.8) is 0 Å². The van der Waals surface area contributed by atoms with E-state index in [4.69, 9.17) is 24.7 Å². The van der Waals surface area contributed by atoms with Crippen molar-refractivity contribution < 1.29 is 28.5 Å². The number of benzene rings is 1. The number of aromatic nitrogens is 2. The molecule has 0 bridgehead atoms. The summed E-state index contributed by atoms with van der Waals surface area (Å²) in [6, 6.07) is 15.0. The molecule has 3 aromatic rings. The van der Waals surface area contributed by atoms with Gasteiger partial charge in [0.2, 0.25) is 5.88 Å². The fourth-order valence-electron chi connectivity index (χ4n) is 4.29. The highest BCUT2D eigenvalue weighted by atomic mass is 16.6. The zero-order valence-corrected chi connectivity index (χ0v) is 21.5. The third-order valence-electron chi connectivity index (χ3n) is 6.18. The fourth-order valence-corrected chi connectivity index (χ4v) is 4.29. The molecule has 2 amide bonds. The van der Waals surface area contributed by atoms with E-state index in [0.717, 1.165) is 16.8 Å². The monoisotopic (exact) mass is 534 g/mol.